The van der Waals surface area contributed by atoms with E-state index < -0.39 is 22.6 Å². The van der Waals surface area contributed by atoms with Crippen LogP contribution in [0.1, 0.15) is 32.1 Å². The first-order valence-electron chi connectivity index (χ1n) is 8.22. The maximum atomic E-state index is 12.4. The van der Waals surface area contributed by atoms with Crippen molar-refractivity contribution in [1.82, 2.24) is 9.29 Å². The Morgan fingerprint density at radius 3 is 2.59 bits per heavy atom. The highest BCUT2D eigenvalue weighted by Gasteiger charge is 2.19. The fourth-order valence-corrected chi connectivity index (χ4v) is 3.47. The summed E-state index contributed by atoms with van der Waals surface area (Å²) < 4.78 is 32.8. The molecular weight excluding hydrogens is 368 g/mol. The molecule has 0 amide bonds. The van der Waals surface area contributed by atoms with Crippen molar-refractivity contribution in [2.24, 2.45) is 0 Å². The third-order valence-corrected chi connectivity index (χ3v) is 5.58. The number of carbonyl (C=O) groups excluding carboxylic acids is 2. The number of esters is 1. The van der Waals surface area contributed by atoms with E-state index in [0.717, 1.165) is 11.4 Å². The Morgan fingerprint density at radius 1 is 1.26 bits per heavy atom. The van der Waals surface area contributed by atoms with Gasteiger partial charge >= 0.3 is 5.97 Å². The van der Waals surface area contributed by atoms with E-state index in [4.69, 9.17) is 4.74 Å². The number of allylic oxidation sites excluding steroid dienone is 1. The highest BCUT2D eigenvalue weighted by atomic mass is 32.2. The lowest BCUT2D eigenvalue weighted by Gasteiger charge is -2.08. The summed E-state index contributed by atoms with van der Waals surface area (Å²) in [5.74, 6) is -1.10. The SMILES string of the molecule is C=CCn1c(C)cc(C(=O)COC(=O)c2cccc(S(=O)(=O)NC)c2)c1C. The predicted octanol–water partition coefficient (Wildman–Crippen LogP) is 2.24. The third kappa shape index (κ3) is 4.53. The van der Waals surface area contributed by atoms with Gasteiger partial charge in [-0.05, 0) is 45.2 Å². The molecule has 0 spiro atoms. The summed E-state index contributed by atoms with van der Waals surface area (Å²) >= 11 is 0. The maximum absolute atomic E-state index is 12.4. The average molecular weight is 390 g/mol. The molecular formula is C19H22N2O5S. The van der Waals surface area contributed by atoms with Crippen LogP contribution in [0.25, 0.3) is 0 Å². The van der Waals surface area contributed by atoms with Crippen LogP contribution in [0.2, 0.25) is 0 Å². The van der Waals surface area contributed by atoms with E-state index in [1.165, 1.54) is 31.3 Å². The number of ether oxygens (including phenoxy) is 1. The zero-order chi connectivity index (χ0) is 20.2. The average Bonchev–Trinajstić information content (AvgIpc) is 2.94. The van der Waals surface area contributed by atoms with Gasteiger partial charge in [0.2, 0.25) is 15.8 Å². The molecule has 0 bridgehead atoms. The topological polar surface area (TPSA) is 94.5 Å². The summed E-state index contributed by atoms with van der Waals surface area (Å²) in [5.41, 5.74) is 2.22. The highest BCUT2D eigenvalue weighted by molar-refractivity contribution is 7.89. The lowest BCUT2D eigenvalue weighted by atomic mass is 10.1. The van der Waals surface area contributed by atoms with Crippen LogP contribution in [0.4, 0.5) is 0 Å². The summed E-state index contributed by atoms with van der Waals surface area (Å²) in [5, 5.41) is 0. The summed E-state index contributed by atoms with van der Waals surface area (Å²) in [6, 6.07) is 7.18. The molecule has 2 aromatic rings. The number of sulfonamides is 1. The van der Waals surface area contributed by atoms with Crippen molar-refractivity contribution in [2.45, 2.75) is 25.3 Å². The van der Waals surface area contributed by atoms with Crippen molar-refractivity contribution in [3.63, 3.8) is 0 Å². The van der Waals surface area contributed by atoms with E-state index in [2.05, 4.69) is 11.3 Å². The van der Waals surface area contributed by atoms with Gasteiger partial charge in [-0.25, -0.2) is 17.9 Å². The van der Waals surface area contributed by atoms with Crippen molar-refractivity contribution in [3.05, 3.63) is 65.5 Å². The van der Waals surface area contributed by atoms with E-state index in [0.29, 0.717) is 12.1 Å². The van der Waals surface area contributed by atoms with Gasteiger partial charge < -0.3 is 9.30 Å². The molecule has 1 heterocycles. The number of hydrogen-bond donors (Lipinski definition) is 1. The molecule has 0 aliphatic rings. The molecule has 8 heteroatoms. The number of rotatable bonds is 8. The third-order valence-electron chi connectivity index (χ3n) is 4.17. The molecule has 7 nitrogen and oxygen atoms in total. The molecule has 2 rings (SSSR count). The van der Waals surface area contributed by atoms with Gasteiger partial charge in [0.05, 0.1) is 10.5 Å². The van der Waals surface area contributed by atoms with Crippen LogP contribution in [0.3, 0.4) is 0 Å². The summed E-state index contributed by atoms with van der Waals surface area (Å²) in [6.45, 7) is 7.54. The molecule has 0 aliphatic heterocycles. The molecule has 1 aromatic heterocycles. The summed E-state index contributed by atoms with van der Waals surface area (Å²) in [6.07, 6.45) is 1.74. The van der Waals surface area contributed by atoms with Crippen LogP contribution in [0.15, 0.2) is 47.9 Å². The normalized spacial score (nSPS) is 11.2. The molecule has 27 heavy (non-hydrogen) atoms. The molecule has 0 fully saturated rings. The lowest BCUT2D eigenvalue weighted by molar-refractivity contribution is 0.0474. The Hall–Kier alpha value is -2.71. The molecule has 1 aromatic carbocycles. The highest BCUT2D eigenvalue weighted by Crippen LogP contribution is 2.17. The monoisotopic (exact) mass is 390 g/mol. The van der Waals surface area contributed by atoms with Crippen LogP contribution in [-0.4, -0.2) is 38.4 Å². The van der Waals surface area contributed by atoms with Crippen molar-refractivity contribution >= 4 is 21.8 Å². The minimum Gasteiger partial charge on any atom is -0.454 e. The number of benzene rings is 1. The van der Waals surface area contributed by atoms with Gasteiger partial charge in [-0.15, -0.1) is 6.58 Å². The van der Waals surface area contributed by atoms with Crippen LogP contribution >= 0.6 is 0 Å². The number of carbonyl (C=O) groups is 2. The first kappa shape index (κ1) is 20.6. The number of hydrogen-bond acceptors (Lipinski definition) is 5. The fraction of sp³-hybridized carbons (Fsp3) is 0.263. The molecule has 0 atom stereocenters. The fourth-order valence-electron chi connectivity index (χ4n) is 2.69. The van der Waals surface area contributed by atoms with Crippen molar-refractivity contribution < 1.29 is 22.7 Å². The second-order valence-corrected chi connectivity index (χ2v) is 7.81. The predicted molar refractivity (Wildman–Crippen MR) is 101 cm³/mol. The lowest BCUT2D eigenvalue weighted by Crippen LogP contribution is -2.19. The van der Waals surface area contributed by atoms with Gasteiger partial charge in [-0.2, -0.15) is 0 Å². The van der Waals surface area contributed by atoms with Gasteiger partial charge in [0.1, 0.15) is 0 Å². The number of Topliss-reactive ketones (excluding diaryl/α,β-unsaturated/α-hetero) is 1. The van der Waals surface area contributed by atoms with Crippen molar-refractivity contribution in [1.29, 1.82) is 0 Å². The zero-order valence-electron chi connectivity index (χ0n) is 15.5. The van der Waals surface area contributed by atoms with Crippen LogP contribution in [-0.2, 0) is 21.3 Å². The minimum atomic E-state index is -3.68. The number of nitrogens with one attached hydrogen (secondary N) is 1. The number of nitrogens with zero attached hydrogens (tertiary/aromatic N) is 1. The molecule has 144 valence electrons. The molecule has 0 saturated heterocycles. The molecule has 0 aliphatic carbocycles. The zero-order valence-corrected chi connectivity index (χ0v) is 16.3. The Bertz CT molecular complexity index is 990. The van der Waals surface area contributed by atoms with Gasteiger partial charge in [-0.3, -0.25) is 4.79 Å². The van der Waals surface area contributed by atoms with Gasteiger partial charge in [0.15, 0.2) is 6.61 Å². The van der Waals surface area contributed by atoms with Gasteiger partial charge in [0.25, 0.3) is 0 Å². The summed E-state index contributed by atoms with van der Waals surface area (Å²) in [4.78, 5) is 24.6. The van der Waals surface area contributed by atoms with Gasteiger partial charge in [0, 0.05) is 23.5 Å². The number of aryl methyl sites for hydroxylation is 1. The van der Waals surface area contributed by atoms with Crippen LogP contribution in [0, 0.1) is 13.8 Å². The van der Waals surface area contributed by atoms with E-state index in [9.17, 15) is 18.0 Å². The second kappa shape index (κ2) is 8.32. The summed E-state index contributed by atoms with van der Waals surface area (Å²) in [7, 11) is -2.40. The number of ketones is 1. The first-order valence-corrected chi connectivity index (χ1v) is 9.71. The molecule has 0 radical (unpaired) electrons. The smallest absolute Gasteiger partial charge is 0.338 e. The van der Waals surface area contributed by atoms with E-state index in [-0.39, 0.29) is 16.2 Å². The van der Waals surface area contributed by atoms with Gasteiger partial charge in [-0.1, -0.05) is 12.1 Å². The second-order valence-electron chi connectivity index (χ2n) is 5.92. The van der Waals surface area contributed by atoms with Crippen LogP contribution in [0.5, 0.6) is 0 Å². The Labute approximate surface area is 158 Å². The maximum Gasteiger partial charge on any atom is 0.338 e. The van der Waals surface area contributed by atoms with E-state index in [1.54, 1.807) is 12.1 Å². The quantitative estimate of drug-likeness (QED) is 0.424. The molecule has 1 N–H and O–H groups in total. The molecule has 0 unspecified atom stereocenters. The Kier molecular flexibility index (Phi) is 6.35. The standard InChI is InChI=1S/C19H22N2O5S/c1-5-9-21-13(2)10-17(14(21)3)18(22)12-26-19(23)15-7-6-8-16(11-15)27(24,25)20-4/h5-8,10-11,20H,1,9,12H2,2-4H3. The van der Waals surface area contributed by atoms with E-state index in [1.807, 2.05) is 18.4 Å². The molecule has 0 saturated carbocycles. The van der Waals surface area contributed by atoms with E-state index >= 15 is 0 Å². The van der Waals surface area contributed by atoms with Crippen molar-refractivity contribution in [2.75, 3.05) is 13.7 Å². The van der Waals surface area contributed by atoms with Crippen molar-refractivity contribution in [3.8, 4) is 0 Å². The Balaban J connectivity index is 2.12. The number of aromatic nitrogens is 1. The first-order chi connectivity index (χ1) is 12.7. The largest absolute Gasteiger partial charge is 0.454 e. The minimum absolute atomic E-state index is 0.0521. The Morgan fingerprint density at radius 2 is 1.96 bits per heavy atom. The van der Waals surface area contributed by atoms with Crippen LogP contribution < -0.4 is 4.72 Å².